The molecule has 2 saturated heterocycles. The number of carbonyl (C=O) groups excluding carboxylic acids is 1. The fourth-order valence-electron chi connectivity index (χ4n) is 2.84. The molecule has 23 heavy (non-hydrogen) atoms. The normalized spacial score (nSPS) is 21.4. The van der Waals surface area contributed by atoms with E-state index in [-0.39, 0.29) is 11.9 Å². The molecule has 2 fully saturated rings. The maximum absolute atomic E-state index is 12.0. The Morgan fingerprint density at radius 3 is 2.48 bits per heavy atom. The van der Waals surface area contributed by atoms with E-state index in [1.807, 2.05) is 13.8 Å². The Hall–Kier alpha value is -1.73. The van der Waals surface area contributed by atoms with Gasteiger partial charge in [-0.3, -0.25) is 4.79 Å². The summed E-state index contributed by atoms with van der Waals surface area (Å²) in [6.07, 6.45) is 5.70. The van der Waals surface area contributed by atoms with Gasteiger partial charge in [0.15, 0.2) is 5.79 Å². The average Bonchev–Trinajstić information content (AvgIpc) is 3.03. The van der Waals surface area contributed by atoms with Crippen LogP contribution < -0.4 is 10.2 Å². The molecule has 0 aliphatic carbocycles. The molecule has 3 heterocycles. The Labute approximate surface area is 136 Å². The third-order valence-electron chi connectivity index (χ3n) is 4.51. The van der Waals surface area contributed by atoms with Crippen molar-refractivity contribution in [3.05, 3.63) is 18.0 Å². The topological polar surface area (TPSA) is 76.6 Å². The van der Waals surface area contributed by atoms with E-state index < -0.39 is 5.79 Å². The summed E-state index contributed by atoms with van der Waals surface area (Å²) < 4.78 is 11.4. The zero-order chi connectivity index (χ0) is 16.3. The van der Waals surface area contributed by atoms with Gasteiger partial charge in [0, 0.05) is 44.4 Å². The van der Waals surface area contributed by atoms with Gasteiger partial charge in [0.2, 0.25) is 5.95 Å². The van der Waals surface area contributed by atoms with Crippen LogP contribution in [0.15, 0.2) is 12.4 Å². The molecule has 1 unspecified atom stereocenters. The van der Waals surface area contributed by atoms with Gasteiger partial charge in [0.05, 0.1) is 18.8 Å². The maximum Gasteiger partial charge on any atom is 0.254 e. The quantitative estimate of drug-likeness (QED) is 0.902. The van der Waals surface area contributed by atoms with Crippen molar-refractivity contribution in [3.8, 4) is 0 Å². The first-order valence-corrected chi connectivity index (χ1v) is 8.28. The Morgan fingerprint density at radius 1 is 1.30 bits per heavy atom. The molecule has 1 aromatic rings. The Morgan fingerprint density at radius 2 is 1.91 bits per heavy atom. The monoisotopic (exact) mass is 320 g/mol. The molecular weight excluding hydrogens is 296 g/mol. The van der Waals surface area contributed by atoms with Gasteiger partial charge < -0.3 is 19.7 Å². The van der Waals surface area contributed by atoms with Gasteiger partial charge in [-0.1, -0.05) is 6.92 Å². The number of aromatic nitrogens is 2. The number of carbonyl (C=O) groups is 1. The van der Waals surface area contributed by atoms with Crippen LogP contribution in [0.3, 0.4) is 0 Å². The van der Waals surface area contributed by atoms with Crippen molar-refractivity contribution in [3.63, 3.8) is 0 Å². The van der Waals surface area contributed by atoms with Crippen LogP contribution >= 0.6 is 0 Å². The molecule has 1 atom stereocenters. The number of nitrogens with one attached hydrogen (secondary N) is 1. The summed E-state index contributed by atoms with van der Waals surface area (Å²) in [5, 5.41) is 2.91. The van der Waals surface area contributed by atoms with E-state index in [0.29, 0.717) is 24.7 Å². The van der Waals surface area contributed by atoms with E-state index in [2.05, 4.69) is 20.2 Å². The average molecular weight is 320 g/mol. The number of piperidine rings is 1. The van der Waals surface area contributed by atoms with E-state index in [9.17, 15) is 4.79 Å². The predicted octanol–water partition coefficient (Wildman–Crippen LogP) is 1.35. The predicted molar refractivity (Wildman–Crippen MR) is 85.3 cm³/mol. The van der Waals surface area contributed by atoms with Gasteiger partial charge in [0.1, 0.15) is 0 Å². The van der Waals surface area contributed by atoms with Crippen molar-refractivity contribution in [1.29, 1.82) is 0 Å². The summed E-state index contributed by atoms with van der Waals surface area (Å²) in [5.74, 6) is 0.126. The number of hydrogen-bond acceptors (Lipinski definition) is 6. The second-order valence-corrected chi connectivity index (χ2v) is 6.15. The zero-order valence-corrected chi connectivity index (χ0v) is 13.7. The number of rotatable bonds is 4. The summed E-state index contributed by atoms with van der Waals surface area (Å²) in [5.41, 5.74) is 0.491. The lowest BCUT2D eigenvalue weighted by Crippen LogP contribution is -2.45. The van der Waals surface area contributed by atoms with Gasteiger partial charge in [-0.15, -0.1) is 0 Å². The van der Waals surface area contributed by atoms with Crippen molar-refractivity contribution in [2.24, 2.45) is 0 Å². The Balaban J connectivity index is 1.58. The highest BCUT2D eigenvalue weighted by Gasteiger charge is 2.40. The SMILES string of the molecule is CCC(C)NC(=O)c1cnc(N2CCC3(CC2)OCCO3)nc1. The molecule has 0 radical (unpaired) electrons. The van der Waals surface area contributed by atoms with E-state index >= 15 is 0 Å². The lowest BCUT2D eigenvalue weighted by atomic mass is 10.0. The molecule has 0 aromatic carbocycles. The van der Waals surface area contributed by atoms with Crippen molar-refractivity contribution in [2.45, 2.75) is 44.9 Å². The van der Waals surface area contributed by atoms with Crippen LogP contribution in [-0.4, -0.2) is 54.0 Å². The first kappa shape index (κ1) is 16.1. The van der Waals surface area contributed by atoms with E-state index in [0.717, 1.165) is 32.4 Å². The van der Waals surface area contributed by atoms with Crippen molar-refractivity contribution in [2.75, 3.05) is 31.2 Å². The summed E-state index contributed by atoms with van der Waals surface area (Å²) >= 11 is 0. The van der Waals surface area contributed by atoms with Crippen LogP contribution in [0, 0.1) is 0 Å². The first-order chi connectivity index (χ1) is 11.1. The standard InChI is InChI=1S/C16H24N4O3/c1-3-12(2)19-14(21)13-10-17-15(18-11-13)20-6-4-16(5-7-20)22-8-9-23-16/h10-12H,3-9H2,1-2H3,(H,19,21). The summed E-state index contributed by atoms with van der Waals surface area (Å²) in [7, 11) is 0. The second kappa shape index (κ2) is 6.80. The highest BCUT2D eigenvalue weighted by Crippen LogP contribution is 2.32. The third-order valence-corrected chi connectivity index (χ3v) is 4.51. The van der Waals surface area contributed by atoms with E-state index in [1.54, 1.807) is 12.4 Å². The van der Waals surface area contributed by atoms with Crippen LogP contribution in [0.5, 0.6) is 0 Å². The Bertz CT molecular complexity index is 533. The highest BCUT2D eigenvalue weighted by molar-refractivity contribution is 5.93. The minimum Gasteiger partial charge on any atom is -0.350 e. The van der Waals surface area contributed by atoms with Crippen molar-refractivity contribution >= 4 is 11.9 Å². The van der Waals surface area contributed by atoms with Crippen LogP contribution in [0.1, 0.15) is 43.5 Å². The molecule has 7 nitrogen and oxygen atoms in total. The van der Waals surface area contributed by atoms with E-state index in [4.69, 9.17) is 9.47 Å². The molecule has 126 valence electrons. The number of hydrogen-bond donors (Lipinski definition) is 1. The fraction of sp³-hybridized carbons (Fsp3) is 0.688. The molecule has 1 spiro atoms. The first-order valence-electron chi connectivity index (χ1n) is 8.28. The smallest absolute Gasteiger partial charge is 0.254 e. The number of ether oxygens (including phenoxy) is 2. The molecular formula is C16H24N4O3. The fourth-order valence-corrected chi connectivity index (χ4v) is 2.84. The molecule has 7 heteroatoms. The van der Waals surface area contributed by atoms with Crippen molar-refractivity contribution in [1.82, 2.24) is 15.3 Å². The summed E-state index contributed by atoms with van der Waals surface area (Å²) in [6.45, 7) is 6.94. The molecule has 2 aliphatic heterocycles. The molecule has 3 rings (SSSR count). The third kappa shape index (κ3) is 3.61. The zero-order valence-electron chi connectivity index (χ0n) is 13.7. The highest BCUT2D eigenvalue weighted by atomic mass is 16.7. The lowest BCUT2D eigenvalue weighted by molar-refractivity contribution is -0.169. The van der Waals surface area contributed by atoms with Gasteiger partial charge in [-0.05, 0) is 13.3 Å². The molecule has 0 saturated carbocycles. The second-order valence-electron chi connectivity index (χ2n) is 6.15. The van der Waals surface area contributed by atoms with Gasteiger partial charge in [-0.2, -0.15) is 0 Å². The van der Waals surface area contributed by atoms with Crippen LogP contribution in [0.2, 0.25) is 0 Å². The number of anilines is 1. The van der Waals surface area contributed by atoms with Crippen LogP contribution in [-0.2, 0) is 9.47 Å². The molecule has 1 N–H and O–H groups in total. The van der Waals surface area contributed by atoms with E-state index in [1.165, 1.54) is 0 Å². The van der Waals surface area contributed by atoms with Crippen LogP contribution in [0.4, 0.5) is 5.95 Å². The van der Waals surface area contributed by atoms with Gasteiger partial charge in [-0.25, -0.2) is 9.97 Å². The maximum atomic E-state index is 12.0. The molecule has 1 amide bonds. The molecule has 2 aliphatic rings. The molecule has 0 bridgehead atoms. The lowest BCUT2D eigenvalue weighted by Gasteiger charge is -2.37. The largest absolute Gasteiger partial charge is 0.350 e. The minimum absolute atomic E-state index is 0.128. The minimum atomic E-state index is -0.396. The number of amides is 1. The summed E-state index contributed by atoms with van der Waals surface area (Å²) in [4.78, 5) is 22.8. The van der Waals surface area contributed by atoms with Crippen LogP contribution in [0.25, 0.3) is 0 Å². The van der Waals surface area contributed by atoms with Gasteiger partial charge >= 0.3 is 0 Å². The van der Waals surface area contributed by atoms with Crippen molar-refractivity contribution < 1.29 is 14.3 Å². The van der Waals surface area contributed by atoms with Gasteiger partial charge in [0.25, 0.3) is 5.91 Å². The summed E-state index contributed by atoms with van der Waals surface area (Å²) in [6, 6.07) is 0.145. The molecule has 1 aromatic heterocycles. The number of nitrogens with zero attached hydrogens (tertiary/aromatic N) is 3. The Kier molecular flexibility index (Phi) is 4.77.